The topological polar surface area (TPSA) is 156 Å². The number of methoxy groups -OCH3 is 1. The molecule has 0 fully saturated rings. The van der Waals surface area contributed by atoms with Crippen molar-refractivity contribution in [3.05, 3.63) is 94.8 Å². The van der Waals surface area contributed by atoms with E-state index in [0.29, 0.717) is 16.3 Å². The Balaban J connectivity index is 1.89. The molecule has 47 heavy (non-hydrogen) atoms. The average Bonchev–Trinajstić information content (AvgIpc) is 3.04. The van der Waals surface area contributed by atoms with Crippen LogP contribution >= 0.6 is 11.6 Å². The highest BCUT2D eigenvalue weighted by Gasteiger charge is 2.45. The first-order valence-corrected chi connectivity index (χ1v) is 14.7. The van der Waals surface area contributed by atoms with E-state index in [9.17, 15) is 37.1 Å². The van der Waals surface area contributed by atoms with Crippen LogP contribution in [0.15, 0.2) is 72.9 Å². The molecule has 1 aromatic heterocycles. The molecule has 0 bridgehead atoms. The Bertz CT molecular complexity index is 1570. The first-order valence-electron chi connectivity index (χ1n) is 14.3. The predicted octanol–water partition coefficient (Wildman–Crippen LogP) is 3.33. The second-order valence-corrected chi connectivity index (χ2v) is 11.1. The van der Waals surface area contributed by atoms with Gasteiger partial charge >= 0.3 is 6.18 Å². The quantitative estimate of drug-likeness (QED) is 0.204. The van der Waals surface area contributed by atoms with Crippen LogP contribution in [0, 0.1) is 5.92 Å². The number of ketones is 1. The van der Waals surface area contributed by atoms with Crippen LogP contribution in [0.1, 0.15) is 41.5 Å². The van der Waals surface area contributed by atoms with Crippen molar-refractivity contribution in [3.63, 3.8) is 0 Å². The van der Waals surface area contributed by atoms with Gasteiger partial charge in [-0.05, 0) is 53.4 Å². The average molecular weight is 676 g/mol. The number of rotatable bonds is 14. The molecule has 2 aromatic carbocycles. The summed E-state index contributed by atoms with van der Waals surface area (Å²) in [7, 11) is 1.40. The summed E-state index contributed by atoms with van der Waals surface area (Å²) in [5, 5.41) is 9.89. The predicted molar refractivity (Wildman–Crippen MR) is 165 cm³/mol. The molecule has 250 valence electrons. The van der Waals surface area contributed by atoms with E-state index >= 15 is 0 Å². The lowest BCUT2D eigenvalue weighted by atomic mass is 9.97. The van der Waals surface area contributed by atoms with Gasteiger partial charge in [-0.25, -0.2) is 0 Å². The Labute approximate surface area is 273 Å². The Morgan fingerprint density at radius 2 is 1.60 bits per heavy atom. The van der Waals surface area contributed by atoms with Crippen molar-refractivity contribution < 1.29 is 41.9 Å². The van der Waals surface area contributed by atoms with Gasteiger partial charge < -0.3 is 26.0 Å². The van der Waals surface area contributed by atoms with Gasteiger partial charge in [0.05, 0.1) is 19.7 Å². The minimum atomic E-state index is -5.22. The first-order chi connectivity index (χ1) is 22.2. The molecule has 3 rings (SSSR count). The Hall–Kier alpha value is -4.98. The number of benzene rings is 2. The molecule has 0 saturated carbocycles. The van der Waals surface area contributed by atoms with E-state index in [4.69, 9.17) is 16.3 Å². The molecule has 0 radical (unpaired) electrons. The molecule has 0 aliphatic rings. The van der Waals surface area contributed by atoms with Gasteiger partial charge in [0.15, 0.2) is 0 Å². The van der Waals surface area contributed by atoms with E-state index in [-0.39, 0.29) is 17.7 Å². The summed E-state index contributed by atoms with van der Waals surface area (Å²) >= 11 is 6.11. The van der Waals surface area contributed by atoms with Gasteiger partial charge in [-0.2, -0.15) is 13.2 Å². The number of pyridine rings is 1. The molecule has 0 aliphatic carbocycles. The number of nitrogens with zero attached hydrogens (tertiary/aromatic N) is 1. The van der Waals surface area contributed by atoms with Crippen molar-refractivity contribution >= 4 is 41.0 Å². The minimum Gasteiger partial charge on any atom is -0.497 e. The summed E-state index contributed by atoms with van der Waals surface area (Å²) in [5.41, 5.74) is 0.733. The number of hydrogen-bond donors (Lipinski definition) is 4. The number of aromatic nitrogens is 1. The molecule has 11 nitrogen and oxygen atoms in total. The second kappa shape index (κ2) is 16.5. The molecule has 0 saturated heterocycles. The van der Waals surface area contributed by atoms with E-state index < -0.39 is 66.2 Å². The SMILES string of the molecule is COc1ccc([C@H](NC(=O)[C@H](Cc2cccc(Cl)c2)NC(=O)CNC(=O)c2ccccn2)C(=O)N[C@H](C(=O)C(F)(F)F)C(C)C)cc1. The molecule has 0 aliphatic heterocycles. The third kappa shape index (κ3) is 10.8. The zero-order chi connectivity index (χ0) is 34.7. The van der Waals surface area contributed by atoms with Crippen molar-refractivity contribution in [3.8, 4) is 5.75 Å². The van der Waals surface area contributed by atoms with Crippen LogP contribution in [0.3, 0.4) is 0 Å². The Morgan fingerprint density at radius 1 is 0.894 bits per heavy atom. The largest absolute Gasteiger partial charge is 0.497 e. The van der Waals surface area contributed by atoms with Gasteiger partial charge in [-0.1, -0.05) is 55.8 Å². The third-order valence-electron chi connectivity index (χ3n) is 6.81. The van der Waals surface area contributed by atoms with Crippen molar-refractivity contribution in [2.75, 3.05) is 13.7 Å². The fraction of sp³-hybridized carbons (Fsp3) is 0.312. The highest BCUT2D eigenvalue weighted by molar-refractivity contribution is 6.30. The zero-order valence-corrected chi connectivity index (χ0v) is 26.3. The van der Waals surface area contributed by atoms with Crippen LogP contribution in [-0.4, -0.2) is 66.3 Å². The van der Waals surface area contributed by atoms with Crippen LogP contribution in [0.25, 0.3) is 0 Å². The van der Waals surface area contributed by atoms with E-state index in [1.807, 2.05) is 0 Å². The lowest BCUT2D eigenvalue weighted by Crippen LogP contribution is -2.55. The smallest absolute Gasteiger partial charge is 0.452 e. The summed E-state index contributed by atoms with van der Waals surface area (Å²) < 4.78 is 45.1. The van der Waals surface area contributed by atoms with Crippen molar-refractivity contribution in [1.82, 2.24) is 26.3 Å². The first kappa shape index (κ1) is 36.5. The van der Waals surface area contributed by atoms with Crippen LogP contribution in [0.2, 0.25) is 5.02 Å². The lowest BCUT2D eigenvalue weighted by Gasteiger charge is -2.27. The Kier molecular flexibility index (Phi) is 12.8. The standard InChI is InChI=1S/C32H33ClF3N5O6/c1-18(2)26(28(43)32(34,35)36)40-31(46)27(20-10-12-22(47-3)13-11-20)41-30(45)24(16-19-7-6-8-21(33)15-19)39-25(42)17-38-29(44)23-9-4-5-14-37-23/h4-15,18,24,26-27H,16-17H2,1-3H3,(H,38,44)(H,39,42)(H,40,46)(H,41,45)/t24-,26-,27-/m0/s1. The number of ether oxygens (including phenoxy) is 1. The molecule has 4 amide bonds. The van der Waals surface area contributed by atoms with Gasteiger partial charge in [0.25, 0.3) is 11.7 Å². The van der Waals surface area contributed by atoms with Gasteiger partial charge in [-0.3, -0.25) is 29.0 Å². The van der Waals surface area contributed by atoms with E-state index in [2.05, 4.69) is 26.3 Å². The molecule has 1 heterocycles. The second-order valence-electron chi connectivity index (χ2n) is 10.7. The molecule has 3 atom stereocenters. The lowest BCUT2D eigenvalue weighted by molar-refractivity contribution is -0.175. The number of carbonyl (C=O) groups is 5. The highest BCUT2D eigenvalue weighted by Crippen LogP contribution is 2.23. The summed E-state index contributed by atoms with van der Waals surface area (Å²) in [6.07, 6.45) is -3.94. The third-order valence-corrected chi connectivity index (χ3v) is 7.05. The Morgan fingerprint density at radius 3 is 2.17 bits per heavy atom. The van der Waals surface area contributed by atoms with Crippen molar-refractivity contribution in [1.29, 1.82) is 0 Å². The number of Topliss-reactive ketones (excluding diaryl/α,β-unsaturated/α-hetero) is 1. The summed E-state index contributed by atoms with van der Waals surface area (Å²) in [5.74, 6) is -6.11. The van der Waals surface area contributed by atoms with Crippen molar-refractivity contribution in [2.45, 2.75) is 44.6 Å². The van der Waals surface area contributed by atoms with E-state index in [0.717, 1.165) is 0 Å². The van der Waals surface area contributed by atoms with E-state index in [1.165, 1.54) is 57.5 Å². The number of hydrogen-bond acceptors (Lipinski definition) is 7. The number of nitrogens with one attached hydrogen (secondary N) is 4. The molecular formula is C32H33ClF3N5O6. The number of amides is 4. The van der Waals surface area contributed by atoms with Crippen LogP contribution in [0.4, 0.5) is 13.2 Å². The van der Waals surface area contributed by atoms with Crippen LogP contribution < -0.4 is 26.0 Å². The number of halogens is 4. The number of alkyl halides is 3. The molecule has 4 N–H and O–H groups in total. The van der Waals surface area contributed by atoms with E-state index in [1.54, 1.807) is 36.4 Å². The molecule has 3 aromatic rings. The maximum absolute atomic E-state index is 13.7. The summed E-state index contributed by atoms with van der Waals surface area (Å²) in [4.78, 5) is 68.6. The van der Waals surface area contributed by atoms with Crippen molar-refractivity contribution in [2.24, 2.45) is 5.92 Å². The fourth-order valence-corrected chi connectivity index (χ4v) is 4.60. The van der Waals surface area contributed by atoms with Crippen LogP contribution in [0.5, 0.6) is 5.75 Å². The minimum absolute atomic E-state index is 0.0607. The zero-order valence-electron chi connectivity index (χ0n) is 25.6. The highest BCUT2D eigenvalue weighted by atomic mass is 35.5. The van der Waals surface area contributed by atoms with Gasteiger partial charge in [0.1, 0.15) is 23.5 Å². The normalized spacial score (nSPS) is 13.1. The summed E-state index contributed by atoms with van der Waals surface area (Å²) in [6.45, 7) is 2.13. The summed E-state index contributed by atoms with van der Waals surface area (Å²) in [6, 6.07) is 11.9. The fourth-order valence-electron chi connectivity index (χ4n) is 4.39. The molecule has 15 heteroatoms. The van der Waals surface area contributed by atoms with Gasteiger partial charge in [-0.15, -0.1) is 0 Å². The molecule has 0 unspecified atom stereocenters. The molecule has 0 spiro atoms. The molecular weight excluding hydrogens is 643 g/mol. The van der Waals surface area contributed by atoms with Gasteiger partial charge in [0.2, 0.25) is 17.7 Å². The maximum Gasteiger partial charge on any atom is 0.452 e. The number of carbonyl (C=O) groups excluding carboxylic acids is 5. The maximum atomic E-state index is 13.7. The monoisotopic (exact) mass is 675 g/mol. The van der Waals surface area contributed by atoms with Gasteiger partial charge in [0, 0.05) is 17.6 Å². The van der Waals surface area contributed by atoms with Crippen LogP contribution in [-0.2, 0) is 25.6 Å².